The molecule has 0 aromatic heterocycles. The molecule has 0 aromatic rings. The molecule has 0 aromatic carbocycles. The monoisotopic (exact) mass is 116 g/mol. The predicted octanol–water partition coefficient (Wildman–Crippen LogP) is -0.399. The zero-order chi connectivity index (χ0) is 6.04. The smallest absolute Gasteiger partial charge is 0.234 e. The van der Waals surface area contributed by atoms with Crippen LogP contribution in [0, 0.1) is 0 Å². The number of rotatable bonds is 1. The minimum Gasteiger partial charge on any atom is -0.468 e. The largest absolute Gasteiger partial charge is 0.468 e. The summed E-state index contributed by atoms with van der Waals surface area (Å²) in [4.78, 5) is 0. The van der Waals surface area contributed by atoms with Crippen molar-refractivity contribution in [2.24, 2.45) is 0 Å². The van der Waals surface area contributed by atoms with Crippen molar-refractivity contribution >= 4 is 0 Å². The van der Waals surface area contributed by atoms with Crippen molar-refractivity contribution < 1.29 is 14.9 Å². The lowest BCUT2D eigenvalue weighted by molar-refractivity contribution is -0.176. The molecule has 1 heterocycles. The molecule has 3 nitrogen and oxygen atoms in total. The third-order valence-electron chi connectivity index (χ3n) is 1.07. The Balaban J connectivity index is 2.46. The lowest BCUT2D eigenvalue weighted by Gasteiger charge is -2.17. The number of hydrogen-bond acceptors (Lipinski definition) is 3. The molecule has 0 amide bonds. The van der Waals surface area contributed by atoms with Gasteiger partial charge in [0, 0.05) is 6.42 Å². The molecule has 8 heavy (non-hydrogen) atoms. The van der Waals surface area contributed by atoms with Crippen molar-refractivity contribution in [3.63, 3.8) is 0 Å². The Kier molecular flexibility index (Phi) is 1.23. The summed E-state index contributed by atoms with van der Waals surface area (Å²) in [5, 5.41) is 17.4. The van der Waals surface area contributed by atoms with Crippen molar-refractivity contribution in [3.8, 4) is 0 Å². The molecular weight excluding hydrogens is 108 g/mol. The third kappa shape index (κ3) is 0.827. The first-order valence-corrected chi connectivity index (χ1v) is 2.43. The van der Waals surface area contributed by atoms with Gasteiger partial charge in [-0.1, -0.05) is 0 Å². The van der Waals surface area contributed by atoms with Gasteiger partial charge in [-0.25, -0.2) is 0 Å². The minimum atomic E-state index is -1.32. The number of ether oxygens (including phenoxy) is 1. The van der Waals surface area contributed by atoms with E-state index in [0.717, 1.165) is 0 Å². The molecule has 0 fully saturated rings. The van der Waals surface area contributed by atoms with Gasteiger partial charge >= 0.3 is 0 Å². The van der Waals surface area contributed by atoms with Crippen LogP contribution in [0.5, 0.6) is 0 Å². The maximum atomic E-state index is 8.97. The lowest BCUT2D eigenvalue weighted by Crippen LogP contribution is -2.31. The summed E-state index contributed by atoms with van der Waals surface area (Å²) in [5.41, 5.74) is 0. The minimum absolute atomic E-state index is 0.347. The average Bonchev–Trinajstić information content (AvgIpc) is 2.17. The second-order valence-corrected chi connectivity index (χ2v) is 1.80. The quantitative estimate of drug-likeness (QED) is 0.490. The molecule has 0 bridgehead atoms. The van der Waals surface area contributed by atoms with Gasteiger partial charge in [-0.2, -0.15) is 0 Å². The third-order valence-corrected chi connectivity index (χ3v) is 1.07. The Morgan fingerprint density at radius 1 is 1.75 bits per heavy atom. The Morgan fingerprint density at radius 2 is 2.50 bits per heavy atom. The van der Waals surface area contributed by atoms with Crippen LogP contribution < -0.4 is 0 Å². The first-order valence-electron chi connectivity index (χ1n) is 2.43. The van der Waals surface area contributed by atoms with Crippen molar-refractivity contribution in [2.45, 2.75) is 12.2 Å². The van der Waals surface area contributed by atoms with E-state index in [9.17, 15) is 0 Å². The van der Waals surface area contributed by atoms with Crippen LogP contribution in [-0.4, -0.2) is 22.6 Å². The van der Waals surface area contributed by atoms with E-state index >= 15 is 0 Å². The lowest BCUT2D eigenvalue weighted by atomic mass is 10.2. The molecule has 0 radical (unpaired) electrons. The van der Waals surface area contributed by atoms with Crippen molar-refractivity contribution in [1.29, 1.82) is 0 Å². The fourth-order valence-electron chi connectivity index (χ4n) is 0.557. The number of hydrogen-bond donors (Lipinski definition) is 2. The van der Waals surface area contributed by atoms with E-state index < -0.39 is 5.79 Å². The predicted molar refractivity (Wildman–Crippen MR) is 26.9 cm³/mol. The summed E-state index contributed by atoms with van der Waals surface area (Å²) in [6.07, 6.45) is 3.43. The molecule has 0 saturated heterocycles. The van der Waals surface area contributed by atoms with Gasteiger partial charge < -0.3 is 14.9 Å². The Bertz CT molecular complexity index is 100. The molecule has 2 N–H and O–H groups in total. The molecule has 1 aliphatic heterocycles. The molecule has 1 atom stereocenters. The highest BCUT2D eigenvalue weighted by Crippen LogP contribution is 2.18. The van der Waals surface area contributed by atoms with E-state index in [1.54, 1.807) is 6.08 Å². The van der Waals surface area contributed by atoms with Gasteiger partial charge in [0.25, 0.3) is 0 Å². The summed E-state index contributed by atoms with van der Waals surface area (Å²) in [7, 11) is 0. The van der Waals surface area contributed by atoms with Gasteiger partial charge in [0.15, 0.2) is 0 Å². The normalized spacial score (nSPS) is 35.2. The van der Waals surface area contributed by atoms with E-state index in [2.05, 4.69) is 4.74 Å². The first-order chi connectivity index (χ1) is 3.77. The molecular formula is C5H8O3. The van der Waals surface area contributed by atoms with E-state index in [0.29, 0.717) is 6.42 Å². The average molecular weight is 116 g/mol. The van der Waals surface area contributed by atoms with Crippen LogP contribution in [0.2, 0.25) is 0 Å². The molecule has 0 aliphatic carbocycles. The van der Waals surface area contributed by atoms with Crippen molar-refractivity contribution in [1.82, 2.24) is 0 Å². The van der Waals surface area contributed by atoms with Crippen LogP contribution >= 0.6 is 0 Å². The molecule has 0 spiro atoms. The molecule has 1 unspecified atom stereocenters. The van der Waals surface area contributed by atoms with Crippen LogP contribution in [0.3, 0.4) is 0 Å². The zero-order valence-electron chi connectivity index (χ0n) is 4.37. The van der Waals surface area contributed by atoms with Gasteiger partial charge in [-0.3, -0.25) is 0 Å². The summed E-state index contributed by atoms with van der Waals surface area (Å²) in [6.45, 7) is -0.347. The summed E-state index contributed by atoms with van der Waals surface area (Å²) in [6, 6.07) is 0. The maximum absolute atomic E-state index is 8.97. The van der Waals surface area contributed by atoms with Gasteiger partial charge in [0.1, 0.15) is 6.61 Å². The van der Waals surface area contributed by atoms with Crippen LogP contribution in [0.1, 0.15) is 6.42 Å². The first kappa shape index (κ1) is 5.59. The Morgan fingerprint density at radius 3 is 2.75 bits per heavy atom. The van der Waals surface area contributed by atoms with E-state index in [1.165, 1.54) is 6.26 Å². The Hall–Kier alpha value is -0.540. The zero-order valence-corrected chi connectivity index (χ0v) is 4.37. The number of aliphatic hydroxyl groups excluding tert-OH is 1. The van der Waals surface area contributed by atoms with Crippen LogP contribution in [0.25, 0.3) is 0 Å². The van der Waals surface area contributed by atoms with Crippen LogP contribution in [0.15, 0.2) is 12.3 Å². The molecule has 3 heteroatoms. The maximum Gasteiger partial charge on any atom is 0.234 e. The second kappa shape index (κ2) is 1.76. The Labute approximate surface area is 47.2 Å². The van der Waals surface area contributed by atoms with Crippen LogP contribution in [0.4, 0.5) is 0 Å². The van der Waals surface area contributed by atoms with E-state index in [4.69, 9.17) is 10.2 Å². The fraction of sp³-hybridized carbons (Fsp3) is 0.600. The highest BCUT2D eigenvalue weighted by Gasteiger charge is 2.28. The van der Waals surface area contributed by atoms with E-state index in [1.807, 2.05) is 0 Å². The van der Waals surface area contributed by atoms with Gasteiger partial charge in [-0.05, 0) is 6.08 Å². The van der Waals surface area contributed by atoms with Gasteiger partial charge in [0.05, 0.1) is 6.26 Å². The molecule has 46 valence electrons. The SMILES string of the molecule is OCC1(O)CC=CO1. The van der Waals surface area contributed by atoms with Crippen molar-refractivity contribution in [2.75, 3.05) is 6.61 Å². The van der Waals surface area contributed by atoms with Gasteiger partial charge in [-0.15, -0.1) is 0 Å². The highest BCUT2D eigenvalue weighted by molar-refractivity contribution is 4.90. The summed E-state index contributed by atoms with van der Waals surface area (Å²) < 4.78 is 4.61. The molecule has 1 rings (SSSR count). The standard InChI is InChI=1S/C5H8O3/c6-4-5(7)2-1-3-8-5/h1,3,6-7H,2,4H2. The number of aliphatic hydroxyl groups is 2. The highest BCUT2D eigenvalue weighted by atomic mass is 16.6. The second-order valence-electron chi connectivity index (χ2n) is 1.80. The fourth-order valence-corrected chi connectivity index (χ4v) is 0.557. The molecule has 0 saturated carbocycles. The van der Waals surface area contributed by atoms with Crippen molar-refractivity contribution in [3.05, 3.63) is 12.3 Å². The summed E-state index contributed by atoms with van der Waals surface area (Å²) in [5.74, 6) is -1.32. The topological polar surface area (TPSA) is 49.7 Å². The summed E-state index contributed by atoms with van der Waals surface area (Å²) >= 11 is 0. The molecule has 1 aliphatic rings. The van der Waals surface area contributed by atoms with E-state index in [-0.39, 0.29) is 6.61 Å². The van der Waals surface area contributed by atoms with Crippen LogP contribution in [-0.2, 0) is 4.74 Å². The van der Waals surface area contributed by atoms with Gasteiger partial charge in [0.2, 0.25) is 5.79 Å².